The molecule has 0 unspecified atom stereocenters. The molecule has 14 aromatic carbocycles. The third-order valence-electron chi connectivity index (χ3n) is 19.2. The zero-order valence-corrected chi connectivity index (χ0v) is 50.5. The summed E-state index contributed by atoms with van der Waals surface area (Å²) in [5.74, 6) is 0. The Kier molecular flexibility index (Phi) is 11.5. The first kappa shape index (κ1) is 52.0. The predicted molar refractivity (Wildman–Crippen MR) is 378 cm³/mol. The molecule has 0 amide bonds. The van der Waals surface area contributed by atoms with Gasteiger partial charge in [0.2, 0.25) is 0 Å². The van der Waals surface area contributed by atoms with E-state index in [4.69, 9.17) is 0 Å². The van der Waals surface area contributed by atoms with Gasteiger partial charge in [-0.15, -0.1) is 0 Å². The van der Waals surface area contributed by atoms with E-state index in [0.717, 1.165) is 28.4 Å². The maximum Gasteiger partial charge on any atom is 0.252 e. The summed E-state index contributed by atoms with van der Waals surface area (Å²) in [6.45, 7) is 13.9. The first-order valence-corrected chi connectivity index (χ1v) is 31.1. The van der Waals surface area contributed by atoms with Gasteiger partial charge in [0.15, 0.2) is 0 Å². The molecule has 0 N–H and O–H groups in total. The molecule has 418 valence electrons. The Morgan fingerprint density at radius 2 is 0.693 bits per heavy atom. The fraction of sp³-hybridized carbons (Fsp3) is 0.0952. The van der Waals surface area contributed by atoms with Crippen molar-refractivity contribution in [2.45, 2.75) is 52.4 Å². The molecular weight excluding hydrogens is 1060 g/mol. The molecule has 0 spiro atoms. The molecule has 0 fully saturated rings. The zero-order chi connectivity index (χ0) is 59.2. The summed E-state index contributed by atoms with van der Waals surface area (Å²) in [4.78, 5) is 5.18. The standard InChI is InChI=1S/C84H64BN3/c1-83(2,3)63-44-60-30-31-61-45-64(84(4,5)6)50-71-70(47-62(46-63)80(60)81(61)71)59-37-43-73-77(49-59)87(66-40-34-57(35-41-66)54-22-12-8-13-23-54)79-52-67(88-74-28-18-16-26-68(74)69-27-17-19-29-75(69)88)51-78-82(79)85(73)72-42-36-58(55-24-14-9-15-25-55)48-76(72)86(78)65-38-32-56(33-39-65)53-20-10-7-11-21-53/h7-52H,1-6H3. The Labute approximate surface area is 515 Å². The summed E-state index contributed by atoms with van der Waals surface area (Å²) in [6.07, 6.45) is 0. The Morgan fingerprint density at radius 3 is 1.20 bits per heavy atom. The Balaban J connectivity index is 0.988. The molecule has 3 nitrogen and oxygen atoms in total. The van der Waals surface area contributed by atoms with Crippen LogP contribution in [0.3, 0.4) is 0 Å². The first-order chi connectivity index (χ1) is 42.9. The van der Waals surface area contributed by atoms with Crippen molar-refractivity contribution in [1.29, 1.82) is 0 Å². The van der Waals surface area contributed by atoms with Crippen LogP contribution < -0.4 is 26.2 Å². The summed E-state index contributed by atoms with van der Waals surface area (Å²) < 4.78 is 2.51. The number of hydrogen-bond acceptors (Lipinski definition) is 2. The van der Waals surface area contributed by atoms with Gasteiger partial charge in [-0.1, -0.05) is 248 Å². The van der Waals surface area contributed by atoms with Gasteiger partial charge in [0.25, 0.3) is 6.71 Å². The topological polar surface area (TPSA) is 11.4 Å². The summed E-state index contributed by atoms with van der Waals surface area (Å²) in [5, 5.41) is 10.3. The second-order valence-electron chi connectivity index (χ2n) is 26.5. The smallest absolute Gasteiger partial charge is 0.252 e. The summed E-state index contributed by atoms with van der Waals surface area (Å²) in [7, 11) is 0. The minimum atomic E-state index is -0.124. The average Bonchev–Trinajstić information content (AvgIpc) is 0.926. The van der Waals surface area contributed by atoms with Gasteiger partial charge in [0, 0.05) is 44.9 Å². The SMILES string of the molecule is CC(C)(C)c1cc2ccc3cc(C(C)(C)C)cc4c(-c5ccc6c(c5)N(c5ccc(-c7ccccc7)cc5)c5cc(-n7c8ccccc8c8ccccc87)cc7c5B6c5ccc(-c6ccccc6)cc5N7c5ccc(-c6ccccc6)cc5)cc(c1)c2c34. The highest BCUT2D eigenvalue weighted by atomic mass is 15.2. The largest absolute Gasteiger partial charge is 0.311 e. The third kappa shape index (κ3) is 8.19. The number of para-hydroxylation sites is 2. The number of hydrogen-bond donors (Lipinski definition) is 0. The van der Waals surface area contributed by atoms with Gasteiger partial charge in [-0.05, 0) is 188 Å². The van der Waals surface area contributed by atoms with E-state index in [2.05, 4.69) is 335 Å². The van der Waals surface area contributed by atoms with Gasteiger partial charge in [-0.2, -0.15) is 0 Å². The van der Waals surface area contributed by atoms with Crippen molar-refractivity contribution in [2.24, 2.45) is 0 Å². The lowest BCUT2D eigenvalue weighted by Gasteiger charge is -2.44. The molecule has 2 aliphatic rings. The van der Waals surface area contributed by atoms with E-state index in [1.54, 1.807) is 0 Å². The molecule has 0 atom stereocenters. The minimum Gasteiger partial charge on any atom is -0.311 e. The van der Waals surface area contributed by atoms with Gasteiger partial charge >= 0.3 is 0 Å². The van der Waals surface area contributed by atoms with Crippen LogP contribution >= 0.6 is 0 Å². The van der Waals surface area contributed by atoms with E-state index < -0.39 is 0 Å². The number of nitrogens with zero attached hydrogens (tertiary/aromatic N) is 3. The lowest BCUT2D eigenvalue weighted by Crippen LogP contribution is -2.61. The number of benzene rings is 14. The van der Waals surface area contributed by atoms with Crippen LogP contribution in [0, 0.1) is 0 Å². The molecule has 0 aliphatic carbocycles. The molecule has 17 rings (SSSR count). The maximum absolute atomic E-state index is 2.61. The van der Waals surface area contributed by atoms with E-state index in [1.807, 2.05) is 0 Å². The van der Waals surface area contributed by atoms with Crippen LogP contribution in [0.25, 0.3) is 104 Å². The van der Waals surface area contributed by atoms with Gasteiger partial charge in [-0.25, -0.2) is 0 Å². The maximum atomic E-state index is 2.61. The highest BCUT2D eigenvalue weighted by molar-refractivity contribution is 7.00. The highest BCUT2D eigenvalue weighted by Gasteiger charge is 2.44. The molecule has 0 radical (unpaired) electrons. The molecule has 0 saturated heterocycles. The van der Waals surface area contributed by atoms with Crippen molar-refractivity contribution in [3.05, 3.63) is 290 Å². The van der Waals surface area contributed by atoms with E-state index in [-0.39, 0.29) is 17.5 Å². The monoisotopic (exact) mass is 1130 g/mol. The Hall–Kier alpha value is -10.4. The second kappa shape index (κ2) is 19.6. The Bertz CT molecular complexity index is 5210. The van der Waals surface area contributed by atoms with Crippen molar-refractivity contribution >= 4 is 111 Å². The van der Waals surface area contributed by atoms with E-state index >= 15 is 0 Å². The highest BCUT2D eigenvalue weighted by Crippen LogP contribution is 2.50. The average molecular weight is 1130 g/mol. The predicted octanol–water partition coefficient (Wildman–Crippen LogP) is 21.0. The normalized spacial score (nSPS) is 13.0. The van der Waals surface area contributed by atoms with Gasteiger partial charge in [0.1, 0.15) is 0 Å². The number of rotatable bonds is 7. The fourth-order valence-electron chi connectivity index (χ4n) is 14.7. The van der Waals surface area contributed by atoms with Crippen LogP contribution in [-0.2, 0) is 10.8 Å². The van der Waals surface area contributed by atoms with Crippen molar-refractivity contribution in [1.82, 2.24) is 4.57 Å². The lowest BCUT2D eigenvalue weighted by atomic mass is 9.33. The van der Waals surface area contributed by atoms with Crippen LogP contribution in [0.15, 0.2) is 279 Å². The number of aromatic nitrogens is 1. The van der Waals surface area contributed by atoms with Gasteiger partial charge in [0.05, 0.1) is 16.7 Å². The molecule has 3 heterocycles. The first-order valence-electron chi connectivity index (χ1n) is 31.1. The molecule has 88 heavy (non-hydrogen) atoms. The zero-order valence-electron chi connectivity index (χ0n) is 50.5. The molecule has 2 aliphatic heterocycles. The van der Waals surface area contributed by atoms with E-state index in [9.17, 15) is 0 Å². The van der Waals surface area contributed by atoms with Gasteiger partial charge < -0.3 is 14.4 Å². The number of anilines is 6. The van der Waals surface area contributed by atoms with Crippen LogP contribution in [0.4, 0.5) is 34.1 Å². The van der Waals surface area contributed by atoms with E-state index in [1.165, 1.54) is 138 Å². The lowest BCUT2D eigenvalue weighted by molar-refractivity contribution is 0.591. The Morgan fingerprint density at radius 1 is 0.284 bits per heavy atom. The molecule has 0 saturated carbocycles. The van der Waals surface area contributed by atoms with Crippen molar-refractivity contribution < 1.29 is 0 Å². The van der Waals surface area contributed by atoms with E-state index in [0.29, 0.717) is 0 Å². The summed E-state index contributed by atoms with van der Waals surface area (Å²) in [6, 6.07) is 106. The molecular formula is C84H64BN3. The number of fused-ring (bicyclic) bond motifs is 7. The summed E-state index contributed by atoms with van der Waals surface area (Å²) in [5.41, 5.74) is 26.2. The molecule has 15 aromatic rings. The van der Waals surface area contributed by atoms with Crippen molar-refractivity contribution in [2.75, 3.05) is 9.80 Å². The quantitative estimate of drug-likeness (QED) is 0.116. The third-order valence-corrected chi connectivity index (χ3v) is 19.2. The van der Waals surface area contributed by atoms with Crippen LogP contribution in [0.2, 0.25) is 0 Å². The van der Waals surface area contributed by atoms with Crippen LogP contribution in [0.5, 0.6) is 0 Å². The summed E-state index contributed by atoms with van der Waals surface area (Å²) >= 11 is 0. The molecule has 0 bridgehead atoms. The van der Waals surface area contributed by atoms with Crippen molar-refractivity contribution in [3.63, 3.8) is 0 Å². The molecule has 1 aromatic heterocycles. The minimum absolute atomic E-state index is 0.0317. The van der Waals surface area contributed by atoms with Crippen LogP contribution in [-0.4, -0.2) is 11.3 Å². The van der Waals surface area contributed by atoms with Crippen molar-refractivity contribution in [3.8, 4) is 50.2 Å². The van der Waals surface area contributed by atoms with Gasteiger partial charge in [-0.3, -0.25) is 0 Å². The van der Waals surface area contributed by atoms with Crippen LogP contribution in [0.1, 0.15) is 52.7 Å². The fourth-order valence-corrected chi connectivity index (χ4v) is 14.7. The molecule has 4 heteroatoms. The second-order valence-corrected chi connectivity index (χ2v) is 26.5.